The van der Waals surface area contributed by atoms with Crippen LogP contribution in [0.1, 0.15) is 28.6 Å². The molecule has 1 atom stereocenters. The fourth-order valence-corrected chi connectivity index (χ4v) is 4.96. The Hall–Kier alpha value is -3.97. The first-order valence-corrected chi connectivity index (χ1v) is 12.1. The lowest BCUT2D eigenvalue weighted by atomic mass is 9.95. The molecule has 6 nitrogen and oxygen atoms in total. The van der Waals surface area contributed by atoms with Crippen LogP contribution in [-0.4, -0.2) is 45.7 Å². The van der Waals surface area contributed by atoms with Crippen LogP contribution < -0.4 is 10.5 Å². The number of piperazine rings is 1. The van der Waals surface area contributed by atoms with Crippen molar-refractivity contribution in [1.29, 1.82) is 0 Å². The summed E-state index contributed by atoms with van der Waals surface area (Å²) in [5, 5.41) is 11.1. The van der Waals surface area contributed by atoms with Crippen molar-refractivity contribution < 1.29 is 9.50 Å². The van der Waals surface area contributed by atoms with Crippen LogP contribution >= 0.6 is 0 Å². The fourth-order valence-electron chi connectivity index (χ4n) is 4.96. The molecule has 0 aliphatic carbocycles. The number of nitrogens with zero attached hydrogens (tertiary/aromatic N) is 4. The summed E-state index contributed by atoms with van der Waals surface area (Å²) < 4.78 is 15.5. The normalized spacial score (nSPS) is 15.1. The molecule has 1 fully saturated rings. The molecule has 1 aliphatic rings. The molecule has 0 saturated carbocycles. The van der Waals surface area contributed by atoms with Crippen LogP contribution in [0, 0.1) is 12.7 Å². The van der Waals surface area contributed by atoms with Crippen LogP contribution in [0.4, 0.5) is 10.1 Å². The van der Waals surface area contributed by atoms with Gasteiger partial charge in [-0.15, -0.1) is 0 Å². The number of aromatic nitrogens is 2. The summed E-state index contributed by atoms with van der Waals surface area (Å²) in [6.07, 6.45) is 1.70. The van der Waals surface area contributed by atoms with Gasteiger partial charge in [0.2, 0.25) is 0 Å². The Morgan fingerprint density at radius 1 is 0.944 bits per heavy atom. The van der Waals surface area contributed by atoms with E-state index in [-0.39, 0.29) is 17.1 Å². The third kappa shape index (κ3) is 4.88. The Labute approximate surface area is 209 Å². The van der Waals surface area contributed by atoms with Crippen molar-refractivity contribution in [1.82, 2.24) is 14.5 Å². The summed E-state index contributed by atoms with van der Waals surface area (Å²) in [4.78, 5) is 22.8. The van der Waals surface area contributed by atoms with Crippen molar-refractivity contribution in [3.8, 4) is 5.75 Å². The first-order valence-electron chi connectivity index (χ1n) is 12.1. The molecular formula is C29H29FN4O2. The number of halogens is 1. The lowest BCUT2D eigenvalue weighted by Gasteiger charge is -2.40. The lowest BCUT2D eigenvalue weighted by molar-refractivity contribution is 0.207. The summed E-state index contributed by atoms with van der Waals surface area (Å²) in [5.41, 5.74) is 3.37. The largest absolute Gasteiger partial charge is 0.507 e. The van der Waals surface area contributed by atoms with Crippen LogP contribution in [0.15, 0.2) is 89.9 Å². The molecule has 36 heavy (non-hydrogen) atoms. The summed E-state index contributed by atoms with van der Waals surface area (Å²) in [6, 6.07) is 23.2. The second kappa shape index (κ2) is 10.3. The van der Waals surface area contributed by atoms with Crippen molar-refractivity contribution in [2.45, 2.75) is 19.5 Å². The van der Waals surface area contributed by atoms with Gasteiger partial charge in [-0.05, 0) is 55.0 Å². The summed E-state index contributed by atoms with van der Waals surface area (Å²) >= 11 is 0. The molecule has 2 aromatic heterocycles. The second-order valence-corrected chi connectivity index (χ2v) is 9.11. The monoisotopic (exact) mass is 484 g/mol. The van der Waals surface area contributed by atoms with Gasteiger partial charge in [-0.25, -0.2) is 4.39 Å². The quantitative estimate of drug-likeness (QED) is 0.441. The van der Waals surface area contributed by atoms with Crippen LogP contribution in [0.25, 0.3) is 0 Å². The van der Waals surface area contributed by atoms with Crippen molar-refractivity contribution in [3.05, 3.63) is 124 Å². The number of benzene rings is 2. The maximum Gasteiger partial charge on any atom is 0.260 e. The molecule has 7 heteroatoms. The van der Waals surface area contributed by atoms with Gasteiger partial charge in [0.25, 0.3) is 5.56 Å². The first-order chi connectivity index (χ1) is 17.5. The zero-order chi connectivity index (χ0) is 25.1. The zero-order valence-electron chi connectivity index (χ0n) is 20.2. The molecule has 0 amide bonds. The highest BCUT2D eigenvalue weighted by atomic mass is 19.1. The van der Waals surface area contributed by atoms with E-state index in [0.29, 0.717) is 30.9 Å². The Morgan fingerprint density at radius 3 is 2.31 bits per heavy atom. The number of aromatic hydroxyl groups is 1. The van der Waals surface area contributed by atoms with E-state index >= 15 is 0 Å². The van der Waals surface area contributed by atoms with Gasteiger partial charge in [0.05, 0.1) is 23.8 Å². The molecule has 1 N–H and O–H groups in total. The topological polar surface area (TPSA) is 61.6 Å². The van der Waals surface area contributed by atoms with E-state index in [0.717, 1.165) is 30.0 Å². The fraction of sp³-hybridized carbons (Fsp3) is 0.241. The third-order valence-electron chi connectivity index (χ3n) is 6.83. The van der Waals surface area contributed by atoms with Gasteiger partial charge in [-0.3, -0.25) is 14.7 Å². The van der Waals surface area contributed by atoms with Gasteiger partial charge in [-0.1, -0.05) is 36.4 Å². The number of anilines is 1. The van der Waals surface area contributed by atoms with E-state index in [4.69, 9.17) is 0 Å². The Kier molecular flexibility index (Phi) is 6.82. The van der Waals surface area contributed by atoms with Gasteiger partial charge in [-0.2, -0.15) is 0 Å². The van der Waals surface area contributed by atoms with Crippen molar-refractivity contribution in [2.75, 3.05) is 31.1 Å². The number of hydrogen-bond acceptors (Lipinski definition) is 5. The Balaban J connectivity index is 1.53. The summed E-state index contributed by atoms with van der Waals surface area (Å²) in [6.45, 7) is 5.02. The van der Waals surface area contributed by atoms with Crippen molar-refractivity contribution >= 4 is 5.69 Å². The maximum absolute atomic E-state index is 13.9. The molecule has 1 unspecified atom stereocenters. The van der Waals surface area contributed by atoms with E-state index in [1.165, 1.54) is 12.1 Å². The molecule has 5 rings (SSSR count). The van der Waals surface area contributed by atoms with Crippen LogP contribution in [0.5, 0.6) is 5.75 Å². The minimum atomic E-state index is -0.508. The summed E-state index contributed by atoms with van der Waals surface area (Å²) in [7, 11) is 0. The molecule has 1 aliphatic heterocycles. The molecular weight excluding hydrogens is 455 g/mol. The average Bonchev–Trinajstić information content (AvgIpc) is 2.91. The molecule has 0 spiro atoms. The van der Waals surface area contributed by atoms with Crippen LogP contribution in [0.2, 0.25) is 0 Å². The predicted octanol–water partition coefficient (Wildman–Crippen LogP) is 4.36. The minimum absolute atomic E-state index is 0.0467. The maximum atomic E-state index is 13.9. The van der Waals surface area contributed by atoms with E-state index in [1.54, 1.807) is 35.9 Å². The minimum Gasteiger partial charge on any atom is -0.507 e. The van der Waals surface area contributed by atoms with Gasteiger partial charge >= 0.3 is 0 Å². The molecule has 1 saturated heterocycles. The SMILES string of the molecule is Cc1cc(O)c(C(c2ccc(F)cc2)N2CCN(c3ccccc3)CC2)c(=O)n1Cc1ccccn1. The Morgan fingerprint density at radius 2 is 1.64 bits per heavy atom. The molecule has 0 bridgehead atoms. The number of aryl methyl sites for hydroxylation is 1. The van der Waals surface area contributed by atoms with Crippen LogP contribution in [-0.2, 0) is 6.54 Å². The third-order valence-corrected chi connectivity index (χ3v) is 6.83. The van der Waals surface area contributed by atoms with E-state index < -0.39 is 6.04 Å². The molecule has 0 radical (unpaired) electrons. The average molecular weight is 485 g/mol. The first kappa shape index (κ1) is 23.8. The highest BCUT2D eigenvalue weighted by Crippen LogP contribution is 2.34. The lowest BCUT2D eigenvalue weighted by Crippen LogP contribution is -2.49. The summed E-state index contributed by atoms with van der Waals surface area (Å²) in [5.74, 6) is -0.387. The number of pyridine rings is 2. The number of hydrogen-bond donors (Lipinski definition) is 1. The second-order valence-electron chi connectivity index (χ2n) is 9.11. The highest BCUT2D eigenvalue weighted by Gasteiger charge is 2.31. The Bertz CT molecular complexity index is 1370. The number of rotatable bonds is 6. The smallest absolute Gasteiger partial charge is 0.260 e. The van der Waals surface area contributed by atoms with E-state index in [1.807, 2.05) is 36.4 Å². The van der Waals surface area contributed by atoms with E-state index in [2.05, 4.69) is 26.9 Å². The highest BCUT2D eigenvalue weighted by molar-refractivity contribution is 5.47. The predicted molar refractivity (Wildman–Crippen MR) is 139 cm³/mol. The van der Waals surface area contributed by atoms with Gasteiger partial charge < -0.3 is 14.6 Å². The van der Waals surface area contributed by atoms with E-state index in [9.17, 15) is 14.3 Å². The van der Waals surface area contributed by atoms with Crippen molar-refractivity contribution in [3.63, 3.8) is 0 Å². The molecule has 3 heterocycles. The zero-order valence-corrected chi connectivity index (χ0v) is 20.2. The van der Waals surface area contributed by atoms with Crippen LogP contribution in [0.3, 0.4) is 0 Å². The number of para-hydroxylation sites is 1. The van der Waals surface area contributed by atoms with Gasteiger partial charge in [0, 0.05) is 43.8 Å². The van der Waals surface area contributed by atoms with Crippen molar-refractivity contribution in [2.24, 2.45) is 0 Å². The van der Waals surface area contributed by atoms with Gasteiger partial charge in [0.15, 0.2) is 0 Å². The molecule has 2 aromatic carbocycles. The molecule has 4 aromatic rings. The van der Waals surface area contributed by atoms with Gasteiger partial charge in [0.1, 0.15) is 11.6 Å². The standard InChI is InChI=1S/C29H29FN4O2/c1-21-19-26(35)27(29(36)34(21)20-24-7-5-6-14-31-24)28(22-10-12-23(30)13-11-22)33-17-15-32(16-18-33)25-8-3-2-4-9-25/h2-14,19,28,35H,15-18,20H2,1H3. The molecule has 184 valence electrons.